The maximum Gasteiger partial charge on any atom is 0.261 e. The molecule has 1 amide bonds. The first-order chi connectivity index (χ1) is 10.1. The zero-order valence-corrected chi connectivity index (χ0v) is 11.4. The number of ether oxygens (including phenoxy) is 1. The van der Waals surface area contributed by atoms with E-state index in [9.17, 15) is 9.18 Å². The highest BCUT2D eigenvalue weighted by molar-refractivity contribution is 5.78. The number of amides is 1. The van der Waals surface area contributed by atoms with Crippen molar-refractivity contribution >= 4 is 11.6 Å². The number of anilines is 1. The molecule has 1 aliphatic rings. The number of benzene rings is 2. The first-order valence-electron chi connectivity index (χ1n) is 6.65. The topological polar surface area (TPSA) is 55.6 Å². The Labute approximate surface area is 121 Å². The van der Waals surface area contributed by atoms with Gasteiger partial charge < -0.3 is 15.4 Å². The number of carbonyl (C=O) groups is 1. The fraction of sp³-hybridized carbons (Fsp3) is 0.188. The van der Waals surface area contributed by atoms with E-state index < -0.39 is 0 Å². The molecule has 21 heavy (non-hydrogen) atoms. The van der Waals surface area contributed by atoms with E-state index >= 15 is 0 Å². The number of nitrogens with zero attached hydrogens (tertiary/aromatic N) is 1. The molecule has 5 heteroatoms. The van der Waals surface area contributed by atoms with E-state index in [1.807, 2.05) is 6.07 Å². The lowest BCUT2D eigenvalue weighted by Gasteiger charge is -2.20. The van der Waals surface area contributed by atoms with E-state index in [1.54, 1.807) is 29.2 Å². The van der Waals surface area contributed by atoms with Gasteiger partial charge in [-0.3, -0.25) is 4.79 Å². The molecule has 1 aliphatic heterocycles. The number of fused-ring (bicyclic) bond motifs is 1. The molecule has 0 unspecified atom stereocenters. The summed E-state index contributed by atoms with van der Waals surface area (Å²) in [5.74, 6) is 0.288. The van der Waals surface area contributed by atoms with Crippen LogP contribution >= 0.6 is 0 Å². The number of nitrogens with two attached hydrogens (primary N) is 1. The van der Waals surface area contributed by atoms with Crippen LogP contribution < -0.4 is 10.5 Å². The molecule has 2 aromatic carbocycles. The summed E-state index contributed by atoms with van der Waals surface area (Å²) in [7, 11) is 0. The van der Waals surface area contributed by atoms with Crippen molar-refractivity contribution in [3.05, 3.63) is 59.4 Å². The molecular weight excluding hydrogens is 271 g/mol. The van der Waals surface area contributed by atoms with Gasteiger partial charge >= 0.3 is 0 Å². The van der Waals surface area contributed by atoms with Crippen molar-refractivity contribution in [1.29, 1.82) is 0 Å². The standard InChI is InChI=1S/C16H15FN2O2/c17-13-3-1-11(2-4-13)8-19-9-12-7-14(18)5-6-15(12)21-10-16(19)20/h1-7H,8-10,18H2. The molecule has 108 valence electrons. The van der Waals surface area contributed by atoms with Gasteiger partial charge in [0.15, 0.2) is 6.61 Å². The number of halogens is 1. The van der Waals surface area contributed by atoms with Crippen LogP contribution in [0.3, 0.4) is 0 Å². The molecule has 0 fully saturated rings. The van der Waals surface area contributed by atoms with Crippen molar-refractivity contribution in [1.82, 2.24) is 4.90 Å². The van der Waals surface area contributed by atoms with Gasteiger partial charge in [-0.15, -0.1) is 0 Å². The molecule has 0 aromatic heterocycles. The summed E-state index contributed by atoms with van der Waals surface area (Å²) in [6, 6.07) is 11.5. The van der Waals surface area contributed by atoms with Gasteiger partial charge in [0.2, 0.25) is 0 Å². The van der Waals surface area contributed by atoms with Crippen LogP contribution in [0.5, 0.6) is 5.75 Å². The van der Waals surface area contributed by atoms with Crippen molar-refractivity contribution in [3.63, 3.8) is 0 Å². The molecule has 3 rings (SSSR count). The second-order valence-electron chi connectivity index (χ2n) is 5.03. The van der Waals surface area contributed by atoms with E-state index in [1.165, 1.54) is 12.1 Å². The van der Waals surface area contributed by atoms with Gasteiger partial charge in [0.05, 0.1) is 0 Å². The predicted octanol–water partition coefficient (Wildman–Crippen LogP) is 2.33. The Morgan fingerprint density at radius 2 is 1.95 bits per heavy atom. The Morgan fingerprint density at radius 3 is 2.71 bits per heavy atom. The molecule has 0 bridgehead atoms. The molecule has 4 nitrogen and oxygen atoms in total. The maximum absolute atomic E-state index is 12.9. The summed E-state index contributed by atoms with van der Waals surface area (Å²) < 4.78 is 18.4. The first kappa shape index (κ1) is 13.4. The summed E-state index contributed by atoms with van der Waals surface area (Å²) in [5, 5.41) is 0. The Kier molecular flexibility index (Phi) is 3.48. The number of rotatable bonds is 2. The average Bonchev–Trinajstić information content (AvgIpc) is 2.61. The van der Waals surface area contributed by atoms with Crippen molar-refractivity contribution in [3.8, 4) is 5.75 Å². The molecule has 0 aliphatic carbocycles. The van der Waals surface area contributed by atoms with E-state index in [-0.39, 0.29) is 18.3 Å². The van der Waals surface area contributed by atoms with E-state index in [2.05, 4.69) is 0 Å². The van der Waals surface area contributed by atoms with E-state index in [0.29, 0.717) is 24.5 Å². The molecule has 0 saturated carbocycles. The Morgan fingerprint density at radius 1 is 1.19 bits per heavy atom. The highest BCUT2D eigenvalue weighted by atomic mass is 19.1. The Balaban J connectivity index is 1.84. The third-order valence-electron chi connectivity index (χ3n) is 3.44. The van der Waals surface area contributed by atoms with Gasteiger partial charge in [0.25, 0.3) is 5.91 Å². The van der Waals surface area contributed by atoms with Crippen molar-refractivity contribution < 1.29 is 13.9 Å². The van der Waals surface area contributed by atoms with Gasteiger partial charge in [0.1, 0.15) is 11.6 Å². The molecule has 2 aromatic rings. The maximum atomic E-state index is 12.9. The molecule has 0 saturated heterocycles. The molecule has 0 spiro atoms. The highest BCUT2D eigenvalue weighted by Crippen LogP contribution is 2.26. The second kappa shape index (κ2) is 5.44. The smallest absolute Gasteiger partial charge is 0.261 e. The van der Waals surface area contributed by atoms with Crippen LogP contribution in [0.2, 0.25) is 0 Å². The van der Waals surface area contributed by atoms with Crippen LogP contribution in [0.4, 0.5) is 10.1 Å². The van der Waals surface area contributed by atoms with Crippen LogP contribution in [0.1, 0.15) is 11.1 Å². The van der Waals surface area contributed by atoms with Crippen LogP contribution in [0, 0.1) is 5.82 Å². The zero-order valence-electron chi connectivity index (χ0n) is 11.4. The highest BCUT2D eigenvalue weighted by Gasteiger charge is 2.21. The average molecular weight is 286 g/mol. The predicted molar refractivity (Wildman–Crippen MR) is 77.0 cm³/mol. The quantitative estimate of drug-likeness (QED) is 0.862. The largest absolute Gasteiger partial charge is 0.483 e. The summed E-state index contributed by atoms with van der Waals surface area (Å²) >= 11 is 0. The molecule has 0 atom stereocenters. The van der Waals surface area contributed by atoms with Crippen LogP contribution in [-0.4, -0.2) is 17.4 Å². The Hall–Kier alpha value is -2.56. The third kappa shape index (κ3) is 2.97. The zero-order chi connectivity index (χ0) is 14.8. The van der Waals surface area contributed by atoms with E-state index in [4.69, 9.17) is 10.5 Å². The number of nitrogen functional groups attached to an aromatic ring is 1. The van der Waals surface area contributed by atoms with Crippen LogP contribution in [-0.2, 0) is 17.9 Å². The first-order valence-corrected chi connectivity index (χ1v) is 6.65. The van der Waals surface area contributed by atoms with Crippen molar-refractivity contribution in [2.45, 2.75) is 13.1 Å². The minimum atomic E-state index is -0.289. The SMILES string of the molecule is Nc1ccc2c(c1)CN(Cc1ccc(F)cc1)C(=O)CO2. The summed E-state index contributed by atoms with van der Waals surface area (Å²) in [6.07, 6.45) is 0. The summed E-state index contributed by atoms with van der Waals surface area (Å²) in [5.41, 5.74) is 8.16. The van der Waals surface area contributed by atoms with Crippen molar-refractivity contribution in [2.75, 3.05) is 12.3 Å². The second-order valence-corrected chi connectivity index (χ2v) is 5.03. The fourth-order valence-electron chi connectivity index (χ4n) is 2.34. The number of hydrogen-bond donors (Lipinski definition) is 1. The molecular formula is C16H15FN2O2. The molecule has 0 radical (unpaired) electrons. The van der Waals surface area contributed by atoms with Crippen molar-refractivity contribution in [2.24, 2.45) is 0 Å². The summed E-state index contributed by atoms with van der Waals surface area (Å²) in [4.78, 5) is 13.8. The monoisotopic (exact) mass is 286 g/mol. The Bertz CT molecular complexity index is 670. The van der Waals surface area contributed by atoms with Gasteiger partial charge in [-0.2, -0.15) is 0 Å². The van der Waals surface area contributed by atoms with Gasteiger partial charge in [-0.25, -0.2) is 4.39 Å². The van der Waals surface area contributed by atoms with Gasteiger partial charge in [-0.1, -0.05) is 12.1 Å². The lowest BCUT2D eigenvalue weighted by atomic mass is 10.1. The normalized spacial score (nSPS) is 14.3. The minimum absolute atomic E-state index is 0.00187. The fourth-order valence-corrected chi connectivity index (χ4v) is 2.34. The molecule has 2 N–H and O–H groups in total. The number of carbonyl (C=O) groups excluding carboxylic acids is 1. The molecule has 1 heterocycles. The summed E-state index contributed by atoms with van der Waals surface area (Å²) in [6.45, 7) is 0.839. The van der Waals surface area contributed by atoms with Crippen LogP contribution in [0.25, 0.3) is 0 Å². The third-order valence-corrected chi connectivity index (χ3v) is 3.44. The minimum Gasteiger partial charge on any atom is -0.483 e. The van der Waals surface area contributed by atoms with E-state index in [0.717, 1.165) is 11.1 Å². The van der Waals surface area contributed by atoms with Gasteiger partial charge in [0, 0.05) is 24.3 Å². The number of hydrogen-bond acceptors (Lipinski definition) is 3. The van der Waals surface area contributed by atoms with Crippen LogP contribution in [0.15, 0.2) is 42.5 Å². The lowest BCUT2D eigenvalue weighted by molar-refractivity contribution is -0.133. The lowest BCUT2D eigenvalue weighted by Crippen LogP contribution is -2.31. The van der Waals surface area contributed by atoms with Gasteiger partial charge in [-0.05, 0) is 35.9 Å².